The number of hydrogen-bond acceptors (Lipinski definition) is 4. The second-order valence-electron chi connectivity index (χ2n) is 5.44. The van der Waals surface area contributed by atoms with Crippen molar-refractivity contribution in [3.8, 4) is 0 Å². The maximum atomic E-state index is 12.2. The summed E-state index contributed by atoms with van der Waals surface area (Å²) in [5.41, 5.74) is 4.38. The van der Waals surface area contributed by atoms with Crippen LogP contribution in [-0.2, 0) is 14.3 Å². The van der Waals surface area contributed by atoms with E-state index < -0.39 is 12.0 Å². The maximum Gasteiger partial charge on any atom is 0.273 e. The molecule has 0 aliphatic rings. The van der Waals surface area contributed by atoms with Crippen molar-refractivity contribution < 1.29 is 14.3 Å². The topological polar surface area (TPSA) is 79.8 Å². The SMILES string of the molecule is COC(C(=O)N/N=C(\C)CC(=O)Nc1ccccc1)c1ccccc1. The van der Waals surface area contributed by atoms with Crippen LogP contribution >= 0.6 is 0 Å². The Labute approximate surface area is 146 Å². The fourth-order valence-electron chi connectivity index (χ4n) is 2.23. The van der Waals surface area contributed by atoms with Gasteiger partial charge in [-0.25, -0.2) is 5.43 Å². The van der Waals surface area contributed by atoms with Gasteiger partial charge in [-0.15, -0.1) is 0 Å². The zero-order valence-electron chi connectivity index (χ0n) is 14.2. The molecule has 0 aliphatic carbocycles. The van der Waals surface area contributed by atoms with E-state index in [1.54, 1.807) is 31.2 Å². The molecular formula is C19H21N3O3. The van der Waals surface area contributed by atoms with Gasteiger partial charge in [0.05, 0.1) is 6.42 Å². The first-order valence-corrected chi connectivity index (χ1v) is 7.86. The van der Waals surface area contributed by atoms with Crippen LogP contribution in [0.4, 0.5) is 5.69 Å². The molecule has 2 amide bonds. The van der Waals surface area contributed by atoms with Crippen LogP contribution in [-0.4, -0.2) is 24.6 Å². The Kier molecular flexibility index (Phi) is 6.86. The molecule has 0 spiro atoms. The summed E-state index contributed by atoms with van der Waals surface area (Å²) in [5, 5.41) is 6.74. The van der Waals surface area contributed by atoms with Gasteiger partial charge in [-0.1, -0.05) is 48.5 Å². The molecule has 2 aromatic rings. The highest BCUT2D eigenvalue weighted by molar-refractivity contribution is 6.05. The van der Waals surface area contributed by atoms with Crippen molar-refractivity contribution in [2.75, 3.05) is 12.4 Å². The van der Waals surface area contributed by atoms with Crippen molar-refractivity contribution in [1.29, 1.82) is 0 Å². The fourth-order valence-corrected chi connectivity index (χ4v) is 2.23. The lowest BCUT2D eigenvalue weighted by Gasteiger charge is -2.14. The van der Waals surface area contributed by atoms with Crippen molar-refractivity contribution in [3.05, 3.63) is 66.2 Å². The van der Waals surface area contributed by atoms with Gasteiger partial charge in [0.25, 0.3) is 5.91 Å². The van der Waals surface area contributed by atoms with E-state index in [2.05, 4.69) is 15.8 Å². The summed E-state index contributed by atoms with van der Waals surface area (Å²) in [5.74, 6) is -0.593. The predicted octanol–water partition coefficient (Wildman–Crippen LogP) is 2.90. The molecular weight excluding hydrogens is 318 g/mol. The van der Waals surface area contributed by atoms with Crippen LogP contribution in [0.2, 0.25) is 0 Å². The Bertz CT molecular complexity index is 730. The van der Waals surface area contributed by atoms with Crippen molar-refractivity contribution >= 4 is 23.2 Å². The lowest BCUT2D eigenvalue weighted by Crippen LogP contribution is -2.28. The van der Waals surface area contributed by atoms with E-state index >= 15 is 0 Å². The molecule has 0 bridgehead atoms. The summed E-state index contributed by atoms with van der Waals surface area (Å²) in [6.45, 7) is 1.68. The quantitative estimate of drug-likeness (QED) is 0.601. The van der Waals surface area contributed by atoms with Crippen LogP contribution in [0.5, 0.6) is 0 Å². The Morgan fingerprint density at radius 2 is 1.64 bits per heavy atom. The third kappa shape index (κ3) is 5.86. The minimum Gasteiger partial charge on any atom is -0.367 e. The number of para-hydroxylation sites is 1. The number of nitrogens with one attached hydrogen (secondary N) is 2. The molecule has 0 saturated heterocycles. The van der Waals surface area contributed by atoms with Gasteiger partial charge in [0.1, 0.15) is 0 Å². The highest BCUT2D eigenvalue weighted by Gasteiger charge is 2.19. The molecule has 0 radical (unpaired) electrons. The molecule has 130 valence electrons. The van der Waals surface area contributed by atoms with Gasteiger partial charge >= 0.3 is 0 Å². The summed E-state index contributed by atoms with van der Waals surface area (Å²) >= 11 is 0. The molecule has 6 nitrogen and oxygen atoms in total. The third-order valence-electron chi connectivity index (χ3n) is 3.41. The van der Waals surface area contributed by atoms with E-state index in [0.29, 0.717) is 11.4 Å². The molecule has 2 aromatic carbocycles. The maximum absolute atomic E-state index is 12.2. The van der Waals surface area contributed by atoms with Crippen molar-refractivity contribution in [3.63, 3.8) is 0 Å². The van der Waals surface area contributed by atoms with Gasteiger partial charge < -0.3 is 10.1 Å². The zero-order valence-corrected chi connectivity index (χ0v) is 14.2. The van der Waals surface area contributed by atoms with E-state index in [1.807, 2.05) is 36.4 Å². The number of rotatable bonds is 7. The second-order valence-corrected chi connectivity index (χ2v) is 5.44. The monoisotopic (exact) mass is 339 g/mol. The van der Waals surface area contributed by atoms with Crippen molar-refractivity contribution in [2.45, 2.75) is 19.4 Å². The number of carbonyl (C=O) groups is 2. The molecule has 1 unspecified atom stereocenters. The summed E-state index contributed by atoms with van der Waals surface area (Å²) in [4.78, 5) is 24.2. The first-order chi connectivity index (χ1) is 12.1. The molecule has 0 saturated carbocycles. The second kappa shape index (κ2) is 9.34. The van der Waals surface area contributed by atoms with E-state index in [-0.39, 0.29) is 12.3 Å². The van der Waals surface area contributed by atoms with Crippen LogP contribution in [0, 0.1) is 0 Å². The fraction of sp³-hybridized carbons (Fsp3) is 0.211. The first-order valence-electron chi connectivity index (χ1n) is 7.86. The summed E-state index contributed by atoms with van der Waals surface area (Å²) in [7, 11) is 1.46. The Morgan fingerprint density at radius 3 is 2.24 bits per heavy atom. The van der Waals surface area contributed by atoms with Gasteiger partial charge in [0, 0.05) is 18.5 Å². The Hall–Kier alpha value is -2.99. The predicted molar refractivity (Wildman–Crippen MR) is 97.1 cm³/mol. The number of benzene rings is 2. The smallest absolute Gasteiger partial charge is 0.273 e. The largest absolute Gasteiger partial charge is 0.367 e. The number of anilines is 1. The average Bonchev–Trinajstić information content (AvgIpc) is 2.62. The number of methoxy groups -OCH3 is 1. The number of ether oxygens (including phenoxy) is 1. The van der Waals surface area contributed by atoms with Gasteiger partial charge in [0.2, 0.25) is 5.91 Å². The summed E-state index contributed by atoms with van der Waals surface area (Å²) in [6, 6.07) is 18.3. The van der Waals surface area contributed by atoms with E-state index in [0.717, 1.165) is 5.56 Å². The molecule has 0 aromatic heterocycles. The van der Waals surface area contributed by atoms with E-state index in [1.165, 1.54) is 7.11 Å². The van der Waals surface area contributed by atoms with Gasteiger partial charge in [-0.05, 0) is 24.6 Å². The third-order valence-corrected chi connectivity index (χ3v) is 3.41. The zero-order chi connectivity index (χ0) is 18.1. The molecule has 0 aliphatic heterocycles. The Balaban J connectivity index is 1.89. The summed E-state index contributed by atoms with van der Waals surface area (Å²) < 4.78 is 5.23. The molecule has 2 N–H and O–H groups in total. The number of hydrazone groups is 1. The molecule has 6 heteroatoms. The van der Waals surface area contributed by atoms with Crippen LogP contribution < -0.4 is 10.7 Å². The van der Waals surface area contributed by atoms with Gasteiger partial charge in [-0.2, -0.15) is 5.10 Å². The standard InChI is InChI=1S/C19H21N3O3/c1-14(13-17(23)20-16-11-7-4-8-12-16)21-22-19(24)18(25-2)15-9-5-3-6-10-15/h3-12,18H,13H2,1-2H3,(H,20,23)(H,22,24)/b21-14+. The number of nitrogens with zero attached hydrogens (tertiary/aromatic N) is 1. The molecule has 0 fully saturated rings. The highest BCUT2D eigenvalue weighted by atomic mass is 16.5. The lowest BCUT2D eigenvalue weighted by atomic mass is 10.1. The number of amides is 2. The normalized spacial score (nSPS) is 12.3. The van der Waals surface area contributed by atoms with Crippen LogP contribution in [0.15, 0.2) is 65.8 Å². The Morgan fingerprint density at radius 1 is 1.04 bits per heavy atom. The first kappa shape index (κ1) is 18.4. The number of carbonyl (C=O) groups excluding carboxylic acids is 2. The van der Waals surface area contributed by atoms with Crippen molar-refractivity contribution in [2.24, 2.45) is 5.10 Å². The number of hydrogen-bond donors (Lipinski definition) is 2. The van der Waals surface area contributed by atoms with Crippen molar-refractivity contribution in [1.82, 2.24) is 5.43 Å². The minimum absolute atomic E-state index is 0.0815. The van der Waals surface area contributed by atoms with Crippen LogP contribution in [0.1, 0.15) is 25.0 Å². The van der Waals surface area contributed by atoms with Gasteiger partial charge in [0.15, 0.2) is 6.10 Å². The molecule has 2 rings (SSSR count). The average molecular weight is 339 g/mol. The van der Waals surface area contributed by atoms with Crippen LogP contribution in [0.3, 0.4) is 0 Å². The highest BCUT2D eigenvalue weighted by Crippen LogP contribution is 2.16. The van der Waals surface area contributed by atoms with E-state index in [9.17, 15) is 9.59 Å². The molecule has 0 heterocycles. The van der Waals surface area contributed by atoms with E-state index in [4.69, 9.17) is 4.74 Å². The molecule has 1 atom stereocenters. The van der Waals surface area contributed by atoms with Crippen LogP contribution in [0.25, 0.3) is 0 Å². The summed E-state index contributed by atoms with van der Waals surface area (Å²) in [6.07, 6.45) is -0.672. The minimum atomic E-state index is -0.754. The lowest BCUT2D eigenvalue weighted by molar-refractivity contribution is -0.131. The molecule has 25 heavy (non-hydrogen) atoms. The van der Waals surface area contributed by atoms with Gasteiger partial charge in [-0.3, -0.25) is 9.59 Å².